The second-order valence-electron chi connectivity index (χ2n) is 7.83. The number of rotatable bonds is 8. The lowest BCUT2D eigenvalue weighted by molar-refractivity contribution is -0.115. The van der Waals surface area contributed by atoms with Gasteiger partial charge in [-0.1, -0.05) is 6.07 Å². The monoisotopic (exact) mass is 435 g/mol. The Morgan fingerprint density at radius 1 is 1.34 bits per heavy atom. The maximum atomic E-state index is 12.5. The molecule has 0 unspecified atom stereocenters. The number of amides is 2. The molecule has 3 heterocycles. The van der Waals surface area contributed by atoms with Gasteiger partial charge in [-0.3, -0.25) is 19.1 Å². The molecule has 2 aromatic heterocycles. The van der Waals surface area contributed by atoms with Crippen LogP contribution in [0.25, 0.3) is 11.1 Å². The lowest BCUT2D eigenvalue weighted by Crippen LogP contribution is -2.30. The number of nitrogens with one attached hydrogen (secondary N) is 2. The fraction of sp³-hybridized carbons (Fsp3) is 0.304. The molecule has 0 fully saturated rings. The highest BCUT2D eigenvalue weighted by atomic mass is 16.5. The second kappa shape index (κ2) is 8.80. The van der Waals surface area contributed by atoms with Crippen molar-refractivity contribution in [3.8, 4) is 11.1 Å². The topological polar surface area (TPSA) is 109 Å². The Morgan fingerprint density at radius 3 is 2.94 bits per heavy atom. The zero-order valence-corrected chi connectivity index (χ0v) is 18.3. The molecule has 0 atom stereocenters. The van der Waals surface area contributed by atoms with Crippen LogP contribution in [0, 0.1) is 6.92 Å². The molecule has 1 aromatic carbocycles. The van der Waals surface area contributed by atoms with Gasteiger partial charge in [0, 0.05) is 38.1 Å². The highest BCUT2D eigenvalue weighted by Crippen LogP contribution is 2.32. The van der Waals surface area contributed by atoms with Gasteiger partial charge in [-0.05, 0) is 36.2 Å². The van der Waals surface area contributed by atoms with Gasteiger partial charge in [0.2, 0.25) is 5.91 Å². The third-order valence-corrected chi connectivity index (χ3v) is 5.64. The molecule has 32 heavy (non-hydrogen) atoms. The Morgan fingerprint density at radius 2 is 2.16 bits per heavy atom. The third-order valence-electron chi connectivity index (χ3n) is 5.64. The van der Waals surface area contributed by atoms with E-state index in [2.05, 4.69) is 15.4 Å². The van der Waals surface area contributed by atoms with Gasteiger partial charge in [0.1, 0.15) is 0 Å². The number of carbonyl (C=O) groups excluding carboxylic acids is 3. The first-order chi connectivity index (χ1) is 15.4. The fourth-order valence-corrected chi connectivity index (χ4v) is 3.98. The average Bonchev–Trinajstić information content (AvgIpc) is 3.45. The number of aldehydes is 1. The van der Waals surface area contributed by atoms with Crippen LogP contribution in [0.2, 0.25) is 0 Å². The van der Waals surface area contributed by atoms with E-state index in [1.807, 2.05) is 32.2 Å². The van der Waals surface area contributed by atoms with Crippen molar-refractivity contribution in [2.45, 2.75) is 20.0 Å². The van der Waals surface area contributed by atoms with Crippen LogP contribution in [0.5, 0.6) is 0 Å². The molecule has 3 aromatic rings. The van der Waals surface area contributed by atoms with E-state index >= 15 is 0 Å². The van der Waals surface area contributed by atoms with Gasteiger partial charge in [0.05, 0.1) is 42.3 Å². The van der Waals surface area contributed by atoms with Crippen molar-refractivity contribution in [1.29, 1.82) is 0 Å². The van der Waals surface area contributed by atoms with Crippen molar-refractivity contribution >= 4 is 23.8 Å². The molecule has 0 radical (unpaired) electrons. The van der Waals surface area contributed by atoms with Gasteiger partial charge in [-0.2, -0.15) is 5.10 Å². The summed E-state index contributed by atoms with van der Waals surface area (Å²) in [5.41, 5.74) is 6.22. The van der Waals surface area contributed by atoms with Crippen molar-refractivity contribution in [3.05, 3.63) is 58.7 Å². The summed E-state index contributed by atoms with van der Waals surface area (Å²) < 4.78 is 7.68. The van der Waals surface area contributed by atoms with E-state index in [0.717, 1.165) is 33.8 Å². The standard InChI is InChI=1S/C23H25N5O4/c1-14-22(15-4-5-18-16(10-15)11-21(30)25-18)20(28(3)26-14)13-32-9-8-27(2)23(31)17-6-7-24-19(17)12-29/h4-7,10,12,24H,8-9,11,13H2,1-3H3,(H,25,30). The summed E-state index contributed by atoms with van der Waals surface area (Å²) >= 11 is 0. The summed E-state index contributed by atoms with van der Waals surface area (Å²) in [6.45, 7) is 2.98. The molecular weight excluding hydrogens is 410 g/mol. The Bertz CT molecular complexity index is 1190. The van der Waals surface area contributed by atoms with Crippen LogP contribution in [0.4, 0.5) is 5.69 Å². The van der Waals surface area contributed by atoms with Crippen molar-refractivity contribution in [2.75, 3.05) is 25.5 Å². The number of benzene rings is 1. The minimum absolute atomic E-state index is 0.00202. The summed E-state index contributed by atoms with van der Waals surface area (Å²) in [6, 6.07) is 7.51. The lowest BCUT2D eigenvalue weighted by atomic mass is 10.00. The highest BCUT2D eigenvalue weighted by Gasteiger charge is 2.21. The predicted octanol–water partition coefficient (Wildman–Crippen LogP) is 2.32. The van der Waals surface area contributed by atoms with Gasteiger partial charge in [-0.25, -0.2) is 0 Å². The van der Waals surface area contributed by atoms with Crippen LogP contribution >= 0.6 is 0 Å². The highest BCUT2D eigenvalue weighted by molar-refractivity contribution is 6.01. The van der Waals surface area contributed by atoms with Crippen molar-refractivity contribution in [2.24, 2.45) is 7.05 Å². The zero-order chi connectivity index (χ0) is 22.8. The van der Waals surface area contributed by atoms with Crippen molar-refractivity contribution in [1.82, 2.24) is 19.7 Å². The molecule has 166 valence electrons. The van der Waals surface area contributed by atoms with Gasteiger partial charge in [0.15, 0.2) is 6.29 Å². The largest absolute Gasteiger partial charge is 0.373 e. The summed E-state index contributed by atoms with van der Waals surface area (Å²) in [7, 11) is 3.54. The first-order valence-electron chi connectivity index (χ1n) is 10.3. The lowest BCUT2D eigenvalue weighted by Gasteiger charge is -2.17. The van der Waals surface area contributed by atoms with E-state index in [0.29, 0.717) is 38.0 Å². The minimum atomic E-state index is -0.240. The van der Waals surface area contributed by atoms with Crippen molar-refractivity contribution in [3.63, 3.8) is 0 Å². The molecule has 9 heteroatoms. The number of ether oxygens (including phenoxy) is 1. The molecule has 1 aliphatic rings. The van der Waals surface area contributed by atoms with E-state index < -0.39 is 0 Å². The van der Waals surface area contributed by atoms with E-state index in [9.17, 15) is 14.4 Å². The number of carbonyl (C=O) groups is 3. The first kappa shape index (κ1) is 21.5. The van der Waals surface area contributed by atoms with Crippen molar-refractivity contribution < 1.29 is 19.1 Å². The molecule has 2 N–H and O–H groups in total. The second-order valence-corrected chi connectivity index (χ2v) is 7.83. The SMILES string of the molecule is Cc1nn(C)c(COCCN(C)C(=O)c2cc[nH]c2C=O)c1-c1ccc2c(c1)CC(=O)N2. The number of nitrogens with zero attached hydrogens (tertiary/aromatic N) is 3. The zero-order valence-electron chi connectivity index (χ0n) is 18.3. The molecule has 9 nitrogen and oxygen atoms in total. The Hall–Kier alpha value is -3.72. The number of hydrogen-bond donors (Lipinski definition) is 2. The maximum Gasteiger partial charge on any atom is 0.255 e. The van der Waals surface area contributed by atoms with Gasteiger partial charge >= 0.3 is 0 Å². The number of likely N-dealkylation sites (N-methyl/N-ethyl adjacent to an activating group) is 1. The molecule has 2 amide bonds. The van der Waals surface area contributed by atoms with Crippen LogP contribution in [-0.2, 0) is 29.6 Å². The number of H-pyrrole nitrogens is 1. The fourth-order valence-electron chi connectivity index (χ4n) is 3.98. The molecule has 1 aliphatic heterocycles. The quantitative estimate of drug-likeness (QED) is 0.417. The minimum Gasteiger partial charge on any atom is -0.373 e. The smallest absolute Gasteiger partial charge is 0.255 e. The number of fused-ring (bicyclic) bond motifs is 1. The number of anilines is 1. The van der Waals surface area contributed by atoms with E-state index in [1.165, 1.54) is 4.90 Å². The average molecular weight is 435 g/mol. The van der Waals surface area contributed by atoms with Crippen LogP contribution < -0.4 is 5.32 Å². The van der Waals surface area contributed by atoms with Crippen LogP contribution in [0.15, 0.2) is 30.5 Å². The molecule has 0 saturated heterocycles. The number of aryl methyl sites for hydroxylation is 2. The van der Waals surface area contributed by atoms with Crippen LogP contribution in [0.1, 0.15) is 37.8 Å². The van der Waals surface area contributed by atoms with E-state index in [1.54, 1.807) is 24.0 Å². The van der Waals surface area contributed by atoms with E-state index in [-0.39, 0.29) is 17.5 Å². The third kappa shape index (κ3) is 4.06. The van der Waals surface area contributed by atoms with Gasteiger partial charge < -0.3 is 19.9 Å². The maximum absolute atomic E-state index is 12.5. The molecule has 0 saturated carbocycles. The Labute approximate surface area is 185 Å². The summed E-state index contributed by atoms with van der Waals surface area (Å²) in [6.07, 6.45) is 2.58. The normalized spacial score (nSPS) is 12.5. The van der Waals surface area contributed by atoms with E-state index in [4.69, 9.17) is 4.74 Å². The number of aromatic amines is 1. The summed E-state index contributed by atoms with van der Waals surface area (Å²) in [4.78, 5) is 39.5. The predicted molar refractivity (Wildman–Crippen MR) is 119 cm³/mol. The van der Waals surface area contributed by atoms with Gasteiger partial charge in [0.25, 0.3) is 5.91 Å². The number of aromatic nitrogens is 3. The Kier molecular flexibility index (Phi) is 5.91. The molecular formula is C23H25N5O4. The van der Waals surface area contributed by atoms with Crippen LogP contribution in [0.3, 0.4) is 0 Å². The van der Waals surface area contributed by atoms with Crippen LogP contribution in [-0.4, -0.2) is 58.0 Å². The van der Waals surface area contributed by atoms with Gasteiger partial charge in [-0.15, -0.1) is 0 Å². The molecule has 4 rings (SSSR count). The molecule has 0 aliphatic carbocycles. The Balaban J connectivity index is 1.41. The number of hydrogen-bond acceptors (Lipinski definition) is 5. The molecule has 0 spiro atoms. The molecule has 0 bridgehead atoms. The summed E-state index contributed by atoms with van der Waals surface area (Å²) in [5.74, 6) is -0.238. The summed E-state index contributed by atoms with van der Waals surface area (Å²) in [5, 5.41) is 7.40. The first-order valence-corrected chi connectivity index (χ1v) is 10.3.